The molecule has 1 atom stereocenters. The van der Waals surface area contributed by atoms with Crippen LogP contribution in [0.25, 0.3) is 0 Å². The molecule has 0 saturated carbocycles. The van der Waals surface area contributed by atoms with E-state index in [0.717, 1.165) is 5.56 Å². The molecule has 0 spiro atoms. The summed E-state index contributed by atoms with van der Waals surface area (Å²) in [6, 6.07) is 10.9. The Labute approximate surface area is 153 Å². The standard InChI is InChI=1S/C19H23FN2O3S/c1-13(2)11-18(19(23)21-16-6-4-5-15(20)12-16)22-26(24,25)17-9-7-14(3)8-10-17/h4-10,12-13,18,22H,11H2,1-3H3,(H,21,23)/t18-/m1/s1. The lowest BCUT2D eigenvalue weighted by Gasteiger charge is -2.20. The van der Waals surface area contributed by atoms with Crippen molar-refractivity contribution >= 4 is 21.6 Å². The van der Waals surface area contributed by atoms with Gasteiger partial charge < -0.3 is 5.32 Å². The van der Waals surface area contributed by atoms with Crippen molar-refractivity contribution in [2.24, 2.45) is 5.92 Å². The number of nitrogens with one attached hydrogen (secondary N) is 2. The number of amides is 1. The summed E-state index contributed by atoms with van der Waals surface area (Å²) in [7, 11) is -3.85. The SMILES string of the molecule is Cc1ccc(S(=O)(=O)N[C@H](CC(C)C)C(=O)Nc2cccc(F)c2)cc1. The second-order valence-corrected chi connectivity index (χ2v) is 8.33. The third-order valence-electron chi connectivity index (χ3n) is 3.74. The highest BCUT2D eigenvalue weighted by Gasteiger charge is 2.26. The van der Waals surface area contributed by atoms with Crippen molar-refractivity contribution in [3.63, 3.8) is 0 Å². The van der Waals surface area contributed by atoms with Crippen LogP contribution in [0.2, 0.25) is 0 Å². The van der Waals surface area contributed by atoms with Gasteiger partial charge in [0.15, 0.2) is 0 Å². The number of carbonyl (C=O) groups is 1. The molecule has 2 N–H and O–H groups in total. The predicted octanol–water partition coefficient (Wildman–Crippen LogP) is 3.47. The number of sulfonamides is 1. The van der Waals surface area contributed by atoms with E-state index in [1.165, 1.54) is 30.3 Å². The molecule has 1 amide bonds. The molecule has 7 heteroatoms. The third-order valence-corrected chi connectivity index (χ3v) is 5.23. The van der Waals surface area contributed by atoms with Gasteiger partial charge in [-0.1, -0.05) is 37.6 Å². The zero-order valence-electron chi connectivity index (χ0n) is 15.0. The van der Waals surface area contributed by atoms with Crippen LogP contribution in [-0.2, 0) is 14.8 Å². The predicted molar refractivity (Wildman–Crippen MR) is 99.8 cm³/mol. The first-order valence-corrected chi connectivity index (χ1v) is 9.81. The average Bonchev–Trinajstić information content (AvgIpc) is 2.54. The second kappa shape index (κ2) is 8.42. The first kappa shape index (κ1) is 20.1. The van der Waals surface area contributed by atoms with Gasteiger partial charge in [-0.05, 0) is 49.6 Å². The Bertz CT molecular complexity index is 865. The summed E-state index contributed by atoms with van der Waals surface area (Å²) in [5.41, 5.74) is 1.21. The van der Waals surface area contributed by atoms with E-state index in [1.54, 1.807) is 18.2 Å². The lowest BCUT2D eigenvalue weighted by Crippen LogP contribution is -2.44. The fourth-order valence-corrected chi connectivity index (χ4v) is 3.66. The summed E-state index contributed by atoms with van der Waals surface area (Å²) in [4.78, 5) is 12.7. The van der Waals surface area contributed by atoms with E-state index < -0.39 is 27.8 Å². The van der Waals surface area contributed by atoms with E-state index in [9.17, 15) is 17.6 Å². The maximum atomic E-state index is 13.3. The molecule has 26 heavy (non-hydrogen) atoms. The van der Waals surface area contributed by atoms with Crippen LogP contribution < -0.4 is 10.0 Å². The lowest BCUT2D eigenvalue weighted by molar-refractivity contribution is -0.118. The Hall–Kier alpha value is -2.25. The van der Waals surface area contributed by atoms with E-state index in [2.05, 4.69) is 10.0 Å². The van der Waals surface area contributed by atoms with E-state index in [0.29, 0.717) is 6.42 Å². The number of aryl methyl sites for hydroxylation is 1. The third kappa shape index (κ3) is 5.64. The van der Waals surface area contributed by atoms with E-state index in [1.807, 2.05) is 20.8 Å². The minimum Gasteiger partial charge on any atom is -0.325 e. The van der Waals surface area contributed by atoms with Crippen LogP contribution in [0.1, 0.15) is 25.8 Å². The number of hydrogen-bond donors (Lipinski definition) is 2. The topological polar surface area (TPSA) is 75.3 Å². The molecule has 2 rings (SSSR count). The Morgan fingerprint density at radius 3 is 2.35 bits per heavy atom. The summed E-state index contributed by atoms with van der Waals surface area (Å²) in [5, 5.41) is 2.57. The van der Waals surface area contributed by atoms with Gasteiger partial charge in [-0.2, -0.15) is 4.72 Å². The van der Waals surface area contributed by atoms with Crippen LogP contribution in [0.3, 0.4) is 0 Å². The summed E-state index contributed by atoms with van der Waals surface area (Å²) < 4.78 is 40.9. The molecule has 2 aromatic carbocycles. The van der Waals surface area contributed by atoms with Gasteiger partial charge in [0.05, 0.1) is 4.90 Å². The summed E-state index contributed by atoms with van der Waals surface area (Å²) >= 11 is 0. The van der Waals surface area contributed by atoms with Crippen molar-refractivity contribution < 1.29 is 17.6 Å². The maximum absolute atomic E-state index is 13.3. The smallest absolute Gasteiger partial charge is 0.242 e. The van der Waals surface area contributed by atoms with Crippen molar-refractivity contribution in [1.82, 2.24) is 4.72 Å². The molecule has 140 valence electrons. The fourth-order valence-electron chi connectivity index (χ4n) is 2.45. The van der Waals surface area contributed by atoms with Gasteiger partial charge in [-0.3, -0.25) is 4.79 Å². The number of anilines is 1. The van der Waals surface area contributed by atoms with E-state index in [-0.39, 0.29) is 16.5 Å². The molecule has 0 heterocycles. The van der Waals surface area contributed by atoms with Gasteiger partial charge in [0.2, 0.25) is 15.9 Å². The molecular formula is C19H23FN2O3S. The van der Waals surface area contributed by atoms with Crippen molar-refractivity contribution in [2.75, 3.05) is 5.32 Å². The number of benzene rings is 2. The average molecular weight is 378 g/mol. The molecule has 5 nitrogen and oxygen atoms in total. The molecule has 0 bridgehead atoms. The molecule has 0 aliphatic rings. The largest absolute Gasteiger partial charge is 0.325 e. The molecule has 0 aromatic heterocycles. The zero-order chi connectivity index (χ0) is 19.3. The quantitative estimate of drug-likeness (QED) is 0.775. The first-order valence-electron chi connectivity index (χ1n) is 8.33. The summed E-state index contributed by atoms with van der Waals surface area (Å²) in [6.45, 7) is 5.64. The highest BCUT2D eigenvalue weighted by molar-refractivity contribution is 7.89. The highest BCUT2D eigenvalue weighted by atomic mass is 32.2. The molecule has 2 aromatic rings. The number of hydrogen-bond acceptors (Lipinski definition) is 3. The number of carbonyl (C=O) groups excluding carboxylic acids is 1. The number of halogens is 1. The lowest BCUT2D eigenvalue weighted by atomic mass is 10.0. The minimum absolute atomic E-state index is 0.0824. The van der Waals surface area contributed by atoms with Gasteiger partial charge in [0.25, 0.3) is 0 Å². The van der Waals surface area contributed by atoms with Crippen molar-refractivity contribution in [3.8, 4) is 0 Å². The Kier molecular flexibility index (Phi) is 6.50. The van der Waals surface area contributed by atoms with Gasteiger partial charge >= 0.3 is 0 Å². The second-order valence-electron chi connectivity index (χ2n) is 6.62. The van der Waals surface area contributed by atoms with Gasteiger partial charge in [0, 0.05) is 5.69 Å². The van der Waals surface area contributed by atoms with Crippen LogP contribution in [-0.4, -0.2) is 20.4 Å². The minimum atomic E-state index is -3.85. The first-order chi connectivity index (χ1) is 12.2. The molecule has 0 unspecified atom stereocenters. The fraction of sp³-hybridized carbons (Fsp3) is 0.316. The molecule has 0 fully saturated rings. The summed E-state index contributed by atoms with van der Waals surface area (Å²) in [6.07, 6.45) is 0.312. The van der Waals surface area contributed by atoms with Crippen LogP contribution >= 0.6 is 0 Å². The Balaban J connectivity index is 2.20. The molecule has 0 aliphatic carbocycles. The monoisotopic (exact) mass is 378 g/mol. The van der Waals surface area contributed by atoms with Gasteiger partial charge in [0.1, 0.15) is 11.9 Å². The van der Waals surface area contributed by atoms with Crippen LogP contribution in [0.5, 0.6) is 0 Å². The van der Waals surface area contributed by atoms with E-state index >= 15 is 0 Å². The van der Waals surface area contributed by atoms with Crippen LogP contribution in [0, 0.1) is 18.7 Å². The van der Waals surface area contributed by atoms with Gasteiger partial charge in [-0.25, -0.2) is 12.8 Å². The molecule has 0 radical (unpaired) electrons. The van der Waals surface area contributed by atoms with Crippen molar-refractivity contribution in [2.45, 2.75) is 38.1 Å². The van der Waals surface area contributed by atoms with Crippen LogP contribution in [0.15, 0.2) is 53.4 Å². The normalized spacial score (nSPS) is 12.8. The van der Waals surface area contributed by atoms with Crippen LogP contribution in [0.4, 0.5) is 10.1 Å². The van der Waals surface area contributed by atoms with Crippen molar-refractivity contribution in [1.29, 1.82) is 0 Å². The Morgan fingerprint density at radius 1 is 1.12 bits per heavy atom. The van der Waals surface area contributed by atoms with E-state index in [4.69, 9.17) is 0 Å². The molecule has 0 saturated heterocycles. The van der Waals surface area contributed by atoms with Gasteiger partial charge in [-0.15, -0.1) is 0 Å². The maximum Gasteiger partial charge on any atom is 0.242 e. The molecular weight excluding hydrogens is 355 g/mol. The molecule has 0 aliphatic heterocycles. The Morgan fingerprint density at radius 2 is 1.77 bits per heavy atom. The number of rotatable bonds is 7. The summed E-state index contributed by atoms with van der Waals surface area (Å²) in [5.74, 6) is -0.928. The van der Waals surface area contributed by atoms with Crippen molar-refractivity contribution in [3.05, 3.63) is 59.9 Å². The highest BCUT2D eigenvalue weighted by Crippen LogP contribution is 2.15. The zero-order valence-corrected chi connectivity index (χ0v) is 15.8.